The van der Waals surface area contributed by atoms with E-state index in [-0.39, 0.29) is 5.41 Å². The molecule has 2 fully saturated rings. The van der Waals surface area contributed by atoms with Gasteiger partial charge in [-0.15, -0.1) is 0 Å². The van der Waals surface area contributed by atoms with E-state index >= 15 is 0 Å². The Hall–Kier alpha value is -2.09. The second-order valence-electron chi connectivity index (χ2n) is 9.66. The predicted molar refractivity (Wildman–Crippen MR) is 132 cm³/mol. The zero-order valence-corrected chi connectivity index (χ0v) is 19.9. The van der Waals surface area contributed by atoms with Crippen molar-refractivity contribution in [2.45, 2.75) is 45.9 Å². The first-order chi connectivity index (χ1) is 15.4. The Bertz CT molecular complexity index is 1030. The molecule has 1 N–H and O–H groups in total. The molecule has 0 aliphatic carbocycles. The zero-order chi connectivity index (χ0) is 22.6. The quantitative estimate of drug-likeness (QED) is 0.613. The summed E-state index contributed by atoms with van der Waals surface area (Å²) < 4.78 is 0. The second kappa shape index (κ2) is 10.2. The number of hydrogen-bond acceptors (Lipinski definition) is 3. The lowest BCUT2D eigenvalue weighted by atomic mass is 9.78. The number of piperidine rings is 1. The van der Waals surface area contributed by atoms with Crippen LogP contribution < -0.4 is 0 Å². The van der Waals surface area contributed by atoms with Crippen LogP contribution in [-0.2, 0) is 6.54 Å². The van der Waals surface area contributed by atoms with Gasteiger partial charge in [0.15, 0.2) is 0 Å². The van der Waals surface area contributed by atoms with Crippen molar-refractivity contribution in [1.29, 1.82) is 0 Å². The summed E-state index contributed by atoms with van der Waals surface area (Å²) in [6.45, 7) is 9.48. The topological polar surface area (TPSA) is 26.7 Å². The molecule has 2 aromatic carbocycles. The van der Waals surface area contributed by atoms with Crippen molar-refractivity contribution < 1.29 is 5.11 Å². The predicted octanol–water partition coefficient (Wildman–Crippen LogP) is 5.64. The van der Waals surface area contributed by atoms with E-state index in [2.05, 4.69) is 65.8 Å². The Labute approximate surface area is 197 Å². The van der Waals surface area contributed by atoms with Gasteiger partial charge in [0.05, 0.1) is 0 Å². The summed E-state index contributed by atoms with van der Waals surface area (Å²) in [5.74, 6) is 6.65. The molecule has 0 aromatic heterocycles. The molecule has 2 aromatic rings. The fourth-order valence-corrected chi connectivity index (χ4v) is 5.00. The molecule has 3 nitrogen and oxygen atoms in total. The third kappa shape index (κ3) is 5.82. The van der Waals surface area contributed by atoms with Gasteiger partial charge in [0.2, 0.25) is 0 Å². The molecule has 32 heavy (non-hydrogen) atoms. The van der Waals surface area contributed by atoms with Crippen molar-refractivity contribution in [2.24, 2.45) is 5.41 Å². The third-order valence-electron chi connectivity index (χ3n) is 6.62. The molecule has 168 valence electrons. The van der Waals surface area contributed by atoms with Gasteiger partial charge < -0.3 is 5.11 Å². The van der Waals surface area contributed by atoms with Crippen LogP contribution in [0.2, 0.25) is 5.02 Å². The number of nitrogens with zero attached hydrogens (tertiary/aromatic N) is 2. The lowest BCUT2D eigenvalue weighted by molar-refractivity contribution is -0.0261. The molecule has 2 aliphatic rings. The summed E-state index contributed by atoms with van der Waals surface area (Å²) in [6.07, 6.45) is 4.98. The lowest BCUT2D eigenvalue weighted by Gasteiger charge is -2.42. The van der Waals surface area contributed by atoms with E-state index in [1.165, 1.54) is 37.1 Å². The van der Waals surface area contributed by atoms with Crippen molar-refractivity contribution >= 4 is 11.6 Å². The molecule has 1 unspecified atom stereocenters. The van der Waals surface area contributed by atoms with E-state index in [0.717, 1.165) is 37.2 Å². The highest BCUT2D eigenvalue weighted by Crippen LogP contribution is 2.37. The third-order valence-corrected chi connectivity index (χ3v) is 6.86. The van der Waals surface area contributed by atoms with Crippen LogP contribution in [0.3, 0.4) is 0 Å². The van der Waals surface area contributed by atoms with E-state index in [0.29, 0.717) is 5.02 Å². The molecular weight excluding hydrogens is 416 g/mol. The highest BCUT2D eigenvalue weighted by Gasteiger charge is 2.33. The molecule has 2 aliphatic heterocycles. The minimum absolute atomic E-state index is 0.0515. The number of hydrogen-bond donors (Lipinski definition) is 1. The average molecular weight is 449 g/mol. The highest BCUT2D eigenvalue weighted by atomic mass is 35.5. The van der Waals surface area contributed by atoms with Gasteiger partial charge in [0, 0.05) is 30.2 Å². The molecule has 0 spiro atoms. The Morgan fingerprint density at radius 1 is 1.09 bits per heavy atom. The number of aliphatic hydroxyl groups excluding tert-OH is 1. The Morgan fingerprint density at radius 2 is 1.88 bits per heavy atom. The maximum absolute atomic E-state index is 10.9. The molecule has 4 rings (SSSR count). The van der Waals surface area contributed by atoms with E-state index in [1.807, 2.05) is 24.3 Å². The summed E-state index contributed by atoms with van der Waals surface area (Å²) in [5.41, 5.74) is 4.55. The Balaban J connectivity index is 1.41. The standard InChI is InChI=1S/C28H33ClN2O/c1-28(2)21-31(27(32)24-11-7-13-26(29)19-24)17-14-25(28)12-6-9-22-8-5-10-23(18-22)20-30-15-3-4-16-30/h5,7-8,10-13,18-19,27,32H,3-4,14-17,20-21H2,1-2H3/b25-12+. The van der Waals surface area contributed by atoms with Crippen LogP contribution in [0.15, 0.2) is 60.2 Å². The number of allylic oxidation sites excluding steroid dienone is 1. The van der Waals surface area contributed by atoms with Gasteiger partial charge in [-0.2, -0.15) is 0 Å². The number of halogens is 1. The molecular formula is C28H33ClN2O. The van der Waals surface area contributed by atoms with Crippen molar-refractivity contribution in [3.8, 4) is 11.8 Å². The van der Waals surface area contributed by atoms with Gasteiger partial charge in [0.25, 0.3) is 0 Å². The van der Waals surface area contributed by atoms with Crippen LogP contribution in [0.25, 0.3) is 0 Å². The van der Waals surface area contributed by atoms with E-state index in [1.54, 1.807) is 0 Å². The fourth-order valence-electron chi connectivity index (χ4n) is 4.80. The number of benzene rings is 2. The summed E-state index contributed by atoms with van der Waals surface area (Å²) >= 11 is 6.11. The first kappa shape index (κ1) is 23.1. The van der Waals surface area contributed by atoms with Crippen LogP contribution in [0.1, 0.15) is 56.0 Å². The van der Waals surface area contributed by atoms with Crippen molar-refractivity contribution in [3.63, 3.8) is 0 Å². The van der Waals surface area contributed by atoms with Gasteiger partial charge in [-0.25, -0.2) is 0 Å². The monoisotopic (exact) mass is 448 g/mol. The summed E-state index contributed by atoms with van der Waals surface area (Å²) in [6, 6.07) is 16.1. The largest absolute Gasteiger partial charge is 0.374 e. The van der Waals surface area contributed by atoms with Crippen molar-refractivity contribution in [2.75, 3.05) is 26.2 Å². The molecule has 2 saturated heterocycles. The smallest absolute Gasteiger partial charge is 0.133 e. The van der Waals surface area contributed by atoms with Crippen molar-refractivity contribution in [3.05, 3.63) is 81.9 Å². The summed E-state index contributed by atoms with van der Waals surface area (Å²) in [5, 5.41) is 11.5. The van der Waals surface area contributed by atoms with Gasteiger partial charge in [0.1, 0.15) is 6.23 Å². The maximum atomic E-state index is 10.9. The summed E-state index contributed by atoms with van der Waals surface area (Å²) in [7, 11) is 0. The molecule has 1 atom stereocenters. The Kier molecular flexibility index (Phi) is 7.38. The van der Waals surface area contributed by atoms with Gasteiger partial charge in [-0.3, -0.25) is 9.80 Å². The zero-order valence-electron chi connectivity index (χ0n) is 19.1. The first-order valence-corrected chi connectivity index (χ1v) is 12.0. The molecule has 4 heteroatoms. The van der Waals surface area contributed by atoms with E-state index in [4.69, 9.17) is 11.6 Å². The van der Waals surface area contributed by atoms with Gasteiger partial charge >= 0.3 is 0 Å². The van der Waals surface area contributed by atoms with Gasteiger partial charge in [-0.1, -0.05) is 67.1 Å². The molecule has 0 bridgehead atoms. The van der Waals surface area contributed by atoms with Crippen LogP contribution in [-0.4, -0.2) is 41.1 Å². The SMILES string of the molecule is CC1(C)CN(C(O)c2cccc(Cl)c2)CC/C1=C\C#Cc1cccc(CN2CCCC2)c1. The summed E-state index contributed by atoms with van der Waals surface area (Å²) in [4.78, 5) is 4.64. The second-order valence-corrected chi connectivity index (χ2v) is 10.1. The van der Waals surface area contributed by atoms with Crippen molar-refractivity contribution in [1.82, 2.24) is 9.80 Å². The minimum atomic E-state index is -0.640. The normalized spacial score (nSPS) is 21.3. The van der Waals surface area contributed by atoms with Crippen LogP contribution in [0.5, 0.6) is 0 Å². The van der Waals surface area contributed by atoms with E-state index < -0.39 is 6.23 Å². The van der Waals surface area contributed by atoms with Crippen LogP contribution in [0, 0.1) is 17.3 Å². The molecule has 0 amide bonds. The first-order valence-electron chi connectivity index (χ1n) is 11.6. The van der Waals surface area contributed by atoms with E-state index in [9.17, 15) is 5.11 Å². The van der Waals surface area contributed by atoms with Crippen LogP contribution in [0.4, 0.5) is 0 Å². The average Bonchev–Trinajstić information content (AvgIpc) is 3.27. The maximum Gasteiger partial charge on any atom is 0.133 e. The number of aliphatic hydroxyl groups is 1. The molecule has 0 radical (unpaired) electrons. The van der Waals surface area contributed by atoms with Crippen LogP contribution >= 0.6 is 11.6 Å². The lowest BCUT2D eigenvalue weighted by Crippen LogP contribution is -2.43. The number of rotatable bonds is 4. The Morgan fingerprint density at radius 3 is 2.62 bits per heavy atom. The molecule has 0 saturated carbocycles. The fraction of sp³-hybridized carbons (Fsp3) is 0.429. The van der Waals surface area contributed by atoms with Gasteiger partial charge in [-0.05, 0) is 79.2 Å². The number of likely N-dealkylation sites (tertiary alicyclic amines) is 2. The molecule has 2 heterocycles. The highest BCUT2D eigenvalue weighted by molar-refractivity contribution is 6.30. The minimum Gasteiger partial charge on any atom is -0.374 e.